The van der Waals surface area contributed by atoms with Crippen LogP contribution in [0, 0.1) is 0 Å². The van der Waals surface area contributed by atoms with Gasteiger partial charge in [-0.3, -0.25) is 0 Å². The molecule has 1 aromatic carbocycles. The zero-order valence-electron chi connectivity index (χ0n) is 10.5. The number of fused-ring (bicyclic) bond motifs is 1. The Balaban J connectivity index is 1.90. The third kappa shape index (κ3) is 2.38. The number of benzene rings is 1. The largest absolute Gasteiger partial charge is 0.483 e. The molecule has 104 valence electrons. The average Bonchev–Trinajstić information content (AvgIpc) is 2.38. The molecule has 0 amide bonds. The van der Waals surface area contributed by atoms with E-state index in [1.54, 1.807) is 0 Å². The molecule has 1 aliphatic carbocycles. The van der Waals surface area contributed by atoms with Gasteiger partial charge in [0.25, 0.3) is 0 Å². The summed E-state index contributed by atoms with van der Waals surface area (Å²) in [5, 5.41) is 3.21. The monoisotopic (exact) mass is 271 g/mol. The van der Waals surface area contributed by atoms with Crippen molar-refractivity contribution in [3.8, 4) is 5.75 Å². The molecule has 1 aromatic rings. The first-order valence-electron chi connectivity index (χ1n) is 6.63. The van der Waals surface area contributed by atoms with E-state index in [0.717, 1.165) is 37.8 Å². The number of nitrogens with one attached hydrogen (secondary N) is 1. The number of anilines is 1. The van der Waals surface area contributed by atoms with Gasteiger partial charge in [0.05, 0.1) is 17.8 Å². The highest BCUT2D eigenvalue weighted by molar-refractivity contribution is 5.60. The van der Waals surface area contributed by atoms with Gasteiger partial charge in [-0.15, -0.1) is 0 Å². The first-order chi connectivity index (χ1) is 8.99. The maximum atomic E-state index is 12.7. The van der Waals surface area contributed by atoms with Gasteiger partial charge in [0, 0.05) is 0 Å². The first-order valence-corrected chi connectivity index (χ1v) is 6.63. The molecule has 0 aromatic heterocycles. The Hall–Kier alpha value is -1.39. The molecular weight excluding hydrogens is 255 g/mol. The predicted molar refractivity (Wildman–Crippen MR) is 66.4 cm³/mol. The Kier molecular flexibility index (Phi) is 2.87. The van der Waals surface area contributed by atoms with Crippen molar-refractivity contribution in [2.75, 3.05) is 11.9 Å². The predicted octanol–water partition coefficient (Wildman–Crippen LogP) is 4.21. The average molecular weight is 271 g/mol. The van der Waals surface area contributed by atoms with Crippen LogP contribution < -0.4 is 10.1 Å². The summed E-state index contributed by atoms with van der Waals surface area (Å²) in [5.41, 5.74) is -0.305. The molecule has 5 heteroatoms. The van der Waals surface area contributed by atoms with Gasteiger partial charge in [-0.1, -0.05) is 6.42 Å². The highest BCUT2D eigenvalue weighted by Gasteiger charge is 2.39. The van der Waals surface area contributed by atoms with E-state index >= 15 is 0 Å². The lowest BCUT2D eigenvalue weighted by Gasteiger charge is -2.42. The second-order valence-electron chi connectivity index (χ2n) is 5.41. The molecule has 3 rings (SSSR count). The van der Waals surface area contributed by atoms with Crippen LogP contribution >= 0.6 is 0 Å². The van der Waals surface area contributed by atoms with Gasteiger partial charge in [-0.05, 0) is 43.9 Å². The molecule has 0 unspecified atom stereocenters. The third-order valence-corrected chi connectivity index (χ3v) is 4.00. The van der Waals surface area contributed by atoms with Crippen molar-refractivity contribution in [2.45, 2.75) is 43.9 Å². The first kappa shape index (κ1) is 12.6. The zero-order valence-corrected chi connectivity index (χ0v) is 10.5. The van der Waals surface area contributed by atoms with Gasteiger partial charge in [-0.2, -0.15) is 13.2 Å². The summed E-state index contributed by atoms with van der Waals surface area (Å²) < 4.78 is 44.1. The van der Waals surface area contributed by atoms with E-state index in [0.29, 0.717) is 18.0 Å². The molecule has 1 aliphatic heterocycles. The maximum absolute atomic E-state index is 12.7. The molecule has 1 saturated carbocycles. The molecule has 1 fully saturated rings. The fraction of sp³-hybridized carbons (Fsp3) is 0.571. The lowest BCUT2D eigenvalue weighted by molar-refractivity contribution is -0.137. The Morgan fingerprint density at radius 3 is 2.53 bits per heavy atom. The smallest absolute Gasteiger partial charge is 0.416 e. The molecular formula is C14H16F3NO. The quantitative estimate of drug-likeness (QED) is 0.763. The number of halogens is 3. The fourth-order valence-corrected chi connectivity index (χ4v) is 2.93. The highest BCUT2D eigenvalue weighted by atomic mass is 19.4. The number of rotatable bonds is 0. The van der Waals surface area contributed by atoms with E-state index in [-0.39, 0.29) is 5.60 Å². The van der Waals surface area contributed by atoms with E-state index in [1.807, 2.05) is 0 Å². The molecule has 2 nitrogen and oxygen atoms in total. The van der Waals surface area contributed by atoms with Crippen LogP contribution in [-0.2, 0) is 6.18 Å². The molecule has 0 radical (unpaired) electrons. The molecule has 19 heavy (non-hydrogen) atoms. The molecule has 1 heterocycles. The van der Waals surface area contributed by atoms with Gasteiger partial charge in [0.2, 0.25) is 0 Å². The van der Waals surface area contributed by atoms with Gasteiger partial charge in [0.1, 0.15) is 11.4 Å². The molecule has 2 aliphatic rings. The second-order valence-corrected chi connectivity index (χ2v) is 5.41. The van der Waals surface area contributed by atoms with Crippen molar-refractivity contribution >= 4 is 5.69 Å². The minimum atomic E-state index is -4.32. The SMILES string of the molecule is FC(F)(F)c1ccc2c(c1)OC1(CCCCC1)CN2. The van der Waals surface area contributed by atoms with Crippen molar-refractivity contribution in [3.63, 3.8) is 0 Å². The van der Waals surface area contributed by atoms with Crippen LogP contribution in [0.2, 0.25) is 0 Å². The summed E-state index contributed by atoms with van der Waals surface area (Å²) in [6, 6.07) is 3.65. The van der Waals surface area contributed by atoms with Gasteiger partial charge in [-0.25, -0.2) is 0 Å². The van der Waals surface area contributed by atoms with Crippen LogP contribution in [0.15, 0.2) is 18.2 Å². The van der Waals surface area contributed by atoms with Crippen LogP contribution in [0.3, 0.4) is 0 Å². The van der Waals surface area contributed by atoms with Crippen molar-refractivity contribution in [1.82, 2.24) is 0 Å². The van der Waals surface area contributed by atoms with Crippen LogP contribution in [0.5, 0.6) is 5.75 Å². The maximum Gasteiger partial charge on any atom is 0.416 e. The third-order valence-electron chi connectivity index (χ3n) is 4.00. The van der Waals surface area contributed by atoms with E-state index < -0.39 is 11.7 Å². The normalized spacial score (nSPS) is 21.4. The molecule has 0 bridgehead atoms. The lowest BCUT2D eigenvalue weighted by Crippen LogP contribution is -2.47. The van der Waals surface area contributed by atoms with Gasteiger partial charge >= 0.3 is 6.18 Å². The Morgan fingerprint density at radius 2 is 1.84 bits per heavy atom. The Labute approximate surface area is 109 Å². The Morgan fingerprint density at radius 1 is 1.11 bits per heavy atom. The lowest BCUT2D eigenvalue weighted by atomic mass is 9.83. The highest BCUT2D eigenvalue weighted by Crippen LogP contribution is 2.42. The summed E-state index contributed by atoms with van der Waals surface area (Å²) in [7, 11) is 0. The summed E-state index contributed by atoms with van der Waals surface area (Å²) in [6.07, 6.45) is 0.841. The molecule has 0 saturated heterocycles. The molecule has 0 atom stereocenters. The van der Waals surface area contributed by atoms with E-state index in [9.17, 15) is 13.2 Å². The van der Waals surface area contributed by atoms with Crippen molar-refractivity contribution in [3.05, 3.63) is 23.8 Å². The molecule has 1 spiro atoms. The van der Waals surface area contributed by atoms with E-state index in [1.165, 1.54) is 12.5 Å². The summed E-state index contributed by atoms with van der Waals surface area (Å²) >= 11 is 0. The van der Waals surface area contributed by atoms with Crippen molar-refractivity contribution in [1.29, 1.82) is 0 Å². The van der Waals surface area contributed by atoms with Crippen LogP contribution in [0.4, 0.5) is 18.9 Å². The number of alkyl halides is 3. The van der Waals surface area contributed by atoms with Crippen LogP contribution in [0.25, 0.3) is 0 Å². The molecule has 1 N–H and O–H groups in total. The zero-order chi connectivity index (χ0) is 13.5. The van der Waals surface area contributed by atoms with E-state index in [2.05, 4.69) is 5.32 Å². The fourth-order valence-electron chi connectivity index (χ4n) is 2.93. The minimum absolute atomic E-state index is 0.310. The summed E-state index contributed by atoms with van der Waals surface area (Å²) in [4.78, 5) is 0. The van der Waals surface area contributed by atoms with Crippen LogP contribution in [-0.4, -0.2) is 12.1 Å². The number of hydrogen-bond acceptors (Lipinski definition) is 2. The van der Waals surface area contributed by atoms with Crippen LogP contribution in [0.1, 0.15) is 37.7 Å². The number of ether oxygens (including phenoxy) is 1. The van der Waals surface area contributed by atoms with Gasteiger partial charge in [0.15, 0.2) is 0 Å². The summed E-state index contributed by atoms with van der Waals surface area (Å²) in [6.45, 7) is 0.686. The van der Waals surface area contributed by atoms with Gasteiger partial charge < -0.3 is 10.1 Å². The summed E-state index contributed by atoms with van der Waals surface area (Å²) in [5.74, 6) is 0.336. The Bertz CT molecular complexity index is 478. The minimum Gasteiger partial charge on any atom is -0.483 e. The van der Waals surface area contributed by atoms with E-state index in [4.69, 9.17) is 4.74 Å². The van der Waals surface area contributed by atoms with Crippen molar-refractivity contribution < 1.29 is 17.9 Å². The standard InChI is InChI=1S/C14H16F3NO/c15-14(16,17)10-4-5-11-12(8-10)19-13(9-18-11)6-2-1-3-7-13/h4-5,8,18H,1-3,6-7,9H2. The topological polar surface area (TPSA) is 21.3 Å². The van der Waals surface area contributed by atoms with Crippen molar-refractivity contribution in [2.24, 2.45) is 0 Å². The number of hydrogen-bond donors (Lipinski definition) is 1. The second kappa shape index (κ2) is 4.32.